The van der Waals surface area contributed by atoms with Gasteiger partial charge < -0.3 is 5.32 Å². The van der Waals surface area contributed by atoms with Crippen molar-refractivity contribution in [3.05, 3.63) is 29.3 Å². The van der Waals surface area contributed by atoms with Crippen LogP contribution in [0.1, 0.15) is 30.4 Å². The third-order valence-corrected chi connectivity index (χ3v) is 6.21. The van der Waals surface area contributed by atoms with Gasteiger partial charge >= 0.3 is 0 Å². The van der Waals surface area contributed by atoms with Crippen LogP contribution in [0.2, 0.25) is 0 Å². The predicted molar refractivity (Wildman–Crippen MR) is 79.2 cm³/mol. The van der Waals surface area contributed by atoms with Crippen LogP contribution in [0, 0.1) is 18.3 Å². The highest BCUT2D eigenvalue weighted by molar-refractivity contribution is 7.89. The fourth-order valence-corrected chi connectivity index (χ4v) is 4.85. The van der Waals surface area contributed by atoms with Gasteiger partial charge in [0.2, 0.25) is 10.0 Å². The van der Waals surface area contributed by atoms with Crippen molar-refractivity contribution in [3.8, 4) is 6.07 Å². The molecule has 2 fully saturated rings. The van der Waals surface area contributed by atoms with E-state index in [2.05, 4.69) is 11.4 Å². The maximum absolute atomic E-state index is 12.8. The average molecular weight is 305 g/mol. The molecule has 2 aliphatic heterocycles. The lowest BCUT2D eigenvalue weighted by Crippen LogP contribution is -2.59. The molecule has 1 N–H and O–H groups in total. The molecule has 1 aromatic rings. The molecular formula is C15H19N3O2S. The van der Waals surface area contributed by atoms with Crippen LogP contribution in [0.3, 0.4) is 0 Å². The first-order chi connectivity index (χ1) is 10.0. The largest absolute Gasteiger partial charge is 0.309 e. The van der Waals surface area contributed by atoms with Gasteiger partial charge in [-0.05, 0) is 43.5 Å². The van der Waals surface area contributed by atoms with Crippen molar-refractivity contribution in [1.82, 2.24) is 9.62 Å². The fourth-order valence-electron chi connectivity index (χ4n) is 3.23. The molecule has 5 nitrogen and oxygen atoms in total. The van der Waals surface area contributed by atoms with E-state index >= 15 is 0 Å². The van der Waals surface area contributed by atoms with Crippen molar-refractivity contribution in [2.75, 3.05) is 13.1 Å². The number of nitriles is 1. The number of fused-ring (bicyclic) bond motifs is 2. The number of hydrogen-bond acceptors (Lipinski definition) is 4. The average Bonchev–Trinajstić information content (AvgIpc) is 2.46. The standard InChI is InChI=1S/C15H19N3O2S/c1-11-7-15(6-5-12(11)8-16)21(19,20)18-9-13-3-2-4-14(10-18)17-13/h5-7,13-14,17H,2-4,9-10H2,1H3. The van der Waals surface area contributed by atoms with Gasteiger partial charge in [0.15, 0.2) is 0 Å². The zero-order valence-corrected chi connectivity index (χ0v) is 12.9. The van der Waals surface area contributed by atoms with E-state index in [1.54, 1.807) is 29.4 Å². The molecule has 0 spiro atoms. The number of hydrogen-bond donors (Lipinski definition) is 1. The van der Waals surface area contributed by atoms with Crippen molar-refractivity contribution in [3.63, 3.8) is 0 Å². The second-order valence-corrected chi connectivity index (χ2v) is 7.84. The molecular weight excluding hydrogens is 286 g/mol. The zero-order valence-electron chi connectivity index (χ0n) is 12.0. The Morgan fingerprint density at radius 2 is 1.95 bits per heavy atom. The number of rotatable bonds is 2. The number of aryl methyl sites for hydroxylation is 1. The van der Waals surface area contributed by atoms with Crippen LogP contribution in [0.4, 0.5) is 0 Å². The van der Waals surface area contributed by atoms with Crippen LogP contribution in [-0.4, -0.2) is 37.9 Å². The van der Waals surface area contributed by atoms with Crippen molar-refractivity contribution in [1.29, 1.82) is 5.26 Å². The predicted octanol–water partition coefficient (Wildman–Crippen LogP) is 1.38. The monoisotopic (exact) mass is 305 g/mol. The van der Waals surface area contributed by atoms with Gasteiger partial charge in [0.25, 0.3) is 0 Å². The van der Waals surface area contributed by atoms with E-state index in [0.29, 0.717) is 29.1 Å². The summed E-state index contributed by atoms with van der Waals surface area (Å²) < 4.78 is 27.2. The third kappa shape index (κ3) is 2.69. The molecule has 2 unspecified atom stereocenters. The first-order valence-electron chi connectivity index (χ1n) is 7.27. The van der Waals surface area contributed by atoms with Gasteiger partial charge in [-0.15, -0.1) is 0 Å². The van der Waals surface area contributed by atoms with E-state index in [4.69, 9.17) is 5.26 Å². The SMILES string of the molecule is Cc1cc(S(=O)(=O)N2CC3CCCC(C2)N3)ccc1C#N. The molecule has 2 heterocycles. The summed E-state index contributed by atoms with van der Waals surface area (Å²) in [6.45, 7) is 2.85. The molecule has 6 heteroatoms. The Labute approximate surface area is 125 Å². The summed E-state index contributed by atoms with van der Waals surface area (Å²) in [7, 11) is -3.47. The molecule has 3 rings (SSSR count). The Kier molecular flexibility index (Phi) is 3.74. The quantitative estimate of drug-likeness (QED) is 0.896. The molecule has 2 aliphatic rings. The fraction of sp³-hybridized carbons (Fsp3) is 0.533. The molecule has 2 atom stereocenters. The van der Waals surface area contributed by atoms with Gasteiger partial charge in [0, 0.05) is 25.2 Å². The maximum Gasteiger partial charge on any atom is 0.243 e. The molecule has 21 heavy (non-hydrogen) atoms. The molecule has 1 aromatic carbocycles. The molecule has 0 radical (unpaired) electrons. The summed E-state index contributed by atoms with van der Waals surface area (Å²) in [6, 6.07) is 7.34. The molecule has 2 bridgehead atoms. The summed E-state index contributed by atoms with van der Waals surface area (Å²) in [4.78, 5) is 0.291. The van der Waals surface area contributed by atoms with Crippen LogP contribution in [0.15, 0.2) is 23.1 Å². The molecule has 112 valence electrons. The number of piperazine rings is 1. The Morgan fingerprint density at radius 3 is 2.52 bits per heavy atom. The first kappa shape index (κ1) is 14.5. The van der Waals surface area contributed by atoms with Crippen LogP contribution in [0.25, 0.3) is 0 Å². The van der Waals surface area contributed by atoms with E-state index in [0.717, 1.165) is 12.8 Å². The summed E-state index contributed by atoms with van der Waals surface area (Å²) in [5.41, 5.74) is 1.22. The lowest BCUT2D eigenvalue weighted by molar-refractivity contribution is 0.190. The summed E-state index contributed by atoms with van der Waals surface area (Å²) in [6.07, 6.45) is 3.25. The molecule has 0 saturated carbocycles. The van der Waals surface area contributed by atoms with Gasteiger partial charge in [-0.3, -0.25) is 0 Å². The van der Waals surface area contributed by atoms with Crippen LogP contribution in [0.5, 0.6) is 0 Å². The molecule has 0 aliphatic carbocycles. The Balaban J connectivity index is 1.90. The first-order valence-corrected chi connectivity index (χ1v) is 8.71. The van der Waals surface area contributed by atoms with Crippen LogP contribution < -0.4 is 5.32 Å². The van der Waals surface area contributed by atoms with Gasteiger partial charge in [0.1, 0.15) is 0 Å². The normalized spacial score (nSPS) is 26.3. The highest BCUT2D eigenvalue weighted by Gasteiger charge is 2.36. The Hall–Kier alpha value is -1.42. The second-order valence-electron chi connectivity index (χ2n) is 5.90. The van der Waals surface area contributed by atoms with Crippen molar-refractivity contribution in [2.45, 2.75) is 43.2 Å². The minimum Gasteiger partial charge on any atom is -0.309 e. The van der Waals surface area contributed by atoms with E-state index in [1.165, 1.54) is 6.42 Å². The summed E-state index contributed by atoms with van der Waals surface area (Å²) in [5, 5.41) is 12.4. The maximum atomic E-state index is 12.8. The number of benzene rings is 1. The zero-order chi connectivity index (χ0) is 15.0. The lowest BCUT2D eigenvalue weighted by atomic mass is 9.96. The number of nitrogens with one attached hydrogen (secondary N) is 1. The number of nitrogens with zero attached hydrogens (tertiary/aromatic N) is 2. The van der Waals surface area contributed by atoms with Gasteiger partial charge in [-0.2, -0.15) is 9.57 Å². The van der Waals surface area contributed by atoms with E-state index in [9.17, 15) is 8.42 Å². The van der Waals surface area contributed by atoms with Gasteiger partial charge in [0.05, 0.1) is 16.5 Å². The van der Waals surface area contributed by atoms with Crippen molar-refractivity contribution in [2.24, 2.45) is 0 Å². The van der Waals surface area contributed by atoms with E-state index in [1.807, 2.05) is 0 Å². The van der Waals surface area contributed by atoms with E-state index in [-0.39, 0.29) is 12.1 Å². The van der Waals surface area contributed by atoms with Gasteiger partial charge in [-0.1, -0.05) is 6.42 Å². The molecule has 2 saturated heterocycles. The second kappa shape index (κ2) is 5.41. The molecule has 0 amide bonds. The topological polar surface area (TPSA) is 73.2 Å². The van der Waals surface area contributed by atoms with Crippen LogP contribution >= 0.6 is 0 Å². The highest BCUT2D eigenvalue weighted by atomic mass is 32.2. The number of sulfonamides is 1. The third-order valence-electron chi connectivity index (χ3n) is 4.38. The molecule has 0 aromatic heterocycles. The van der Waals surface area contributed by atoms with E-state index < -0.39 is 10.0 Å². The highest BCUT2D eigenvalue weighted by Crippen LogP contribution is 2.25. The Bertz CT molecular complexity index is 681. The Morgan fingerprint density at radius 1 is 1.29 bits per heavy atom. The summed E-state index contributed by atoms with van der Waals surface area (Å²) in [5.74, 6) is 0. The smallest absolute Gasteiger partial charge is 0.243 e. The van der Waals surface area contributed by atoms with Crippen LogP contribution in [-0.2, 0) is 10.0 Å². The van der Waals surface area contributed by atoms with Crippen molar-refractivity contribution < 1.29 is 8.42 Å². The number of piperidine rings is 1. The minimum atomic E-state index is -3.47. The van der Waals surface area contributed by atoms with Crippen molar-refractivity contribution >= 4 is 10.0 Å². The summed E-state index contributed by atoms with van der Waals surface area (Å²) >= 11 is 0. The lowest BCUT2D eigenvalue weighted by Gasteiger charge is -2.41. The van der Waals surface area contributed by atoms with Gasteiger partial charge in [-0.25, -0.2) is 8.42 Å². The minimum absolute atomic E-state index is 0.270.